The third-order valence-electron chi connectivity index (χ3n) is 2.32. The van der Waals surface area contributed by atoms with E-state index in [1.807, 2.05) is 0 Å². The standard InChI is InChI=1S/C11H20P/c1-2-4-6-8-10-12-11-9-7-5-3-1/h4,10H,1-3,5-9,11H2. The Morgan fingerprint density at radius 2 is 1.58 bits per heavy atom. The van der Waals surface area contributed by atoms with Crippen LogP contribution in [-0.2, 0) is 0 Å². The van der Waals surface area contributed by atoms with Crippen LogP contribution in [-0.4, -0.2) is 12.0 Å². The molecule has 0 N–H and O–H groups in total. The van der Waals surface area contributed by atoms with E-state index < -0.39 is 0 Å². The zero-order valence-electron chi connectivity index (χ0n) is 7.97. The van der Waals surface area contributed by atoms with Gasteiger partial charge in [-0.05, 0) is 31.8 Å². The fourth-order valence-corrected chi connectivity index (χ4v) is 2.46. The SMILES string of the molecule is [CH]1CCC=PCCCCCCC1. The maximum absolute atomic E-state index is 2.47. The molecule has 0 aromatic carbocycles. The third-order valence-corrected chi connectivity index (χ3v) is 3.42. The fraction of sp³-hybridized carbons (Fsp3) is 0.818. The van der Waals surface area contributed by atoms with Crippen LogP contribution in [0.1, 0.15) is 51.4 Å². The molecule has 1 aliphatic heterocycles. The fourth-order valence-electron chi connectivity index (χ4n) is 1.54. The van der Waals surface area contributed by atoms with Crippen molar-refractivity contribution in [2.75, 3.05) is 6.16 Å². The molecule has 0 fully saturated rings. The van der Waals surface area contributed by atoms with Gasteiger partial charge in [-0.15, -0.1) is 8.20 Å². The largest absolute Gasteiger partial charge is 0.109 e. The van der Waals surface area contributed by atoms with Crippen LogP contribution in [0.15, 0.2) is 0 Å². The maximum Gasteiger partial charge on any atom is -0.0109 e. The molecular weight excluding hydrogens is 163 g/mol. The first-order valence-electron chi connectivity index (χ1n) is 5.30. The monoisotopic (exact) mass is 183 g/mol. The van der Waals surface area contributed by atoms with Crippen LogP contribution in [0.3, 0.4) is 0 Å². The highest BCUT2D eigenvalue weighted by molar-refractivity contribution is 7.38. The van der Waals surface area contributed by atoms with Gasteiger partial charge in [0.2, 0.25) is 0 Å². The summed E-state index contributed by atoms with van der Waals surface area (Å²) in [5, 5.41) is 0. The van der Waals surface area contributed by atoms with Gasteiger partial charge in [-0.25, -0.2) is 0 Å². The lowest BCUT2D eigenvalue weighted by atomic mass is 10.1. The van der Waals surface area contributed by atoms with Crippen LogP contribution in [0, 0.1) is 6.42 Å². The maximum atomic E-state index is 2.47. The molecule has 0 aromatic heterocycles. The van der Waals surface area contributed by atoms with Crippen molar-refractivity contribution in [3.63, 3.8) is 0 Å². The van der Waals surface area contributed by atoms with Gasteiger partial charge in [0.05, 0.1) is 0 Å². The van der Waals surface area contributed by atoms with Crippen molar-refractivity contribution in [2.24, 2.45) is 0 Å². The van der Waals surface area contributed by atoms with Crippen LogP contribution in [0.25, 0.3) is 0 Å². The van der Waals surface area contributed by atoms with Crippen molar-refractivity contribution < 1.29 is 0 Å². The lowest BCUT2D eigenvalue weighted by Gasteiger charge is -2.02. The molecule has 0 nitrogen and oxygen atoms in total. The molecule has 0 unspecified atom stereocenters. The van der Waals surface area contributed by atoms with Crippen LogP contribution in [0.4, 0.5) is 0 Å². The molecule has 69 valence electrons. The van der Waals surface area contributed by atoms with E-state index in [0.29, 0.717) is 0 Å². The Bertz CT molecular complexity index is 104. The van der Waals surface area contributed by atoms with Crippen LogP contribution < -0.4 is 0 Å². The topological polar surface area (TPSA) is 0 Å². The second-order valence-electron chi connectivity index (χ2n) is 3.51. The Kier molecular flexibility index (Phi) is 6.66. The summed E-state index contributed by atoms with van der Waals surface area (Å²) in [6, 6.07) is 0. The van der Waals surface area contributed by atoms with Crippen molar-refractivity contribution in [3.8, 4) is 0 Å². The molecule has 1 heterocycles. The first-order valence-corrected chi connectivity index (χ1v) is 6.45. The highest BCUT2D eigenvalue weighted by Crippen LogP contribution is 2.12. The average Bonchev–Trinajstić information content (AvgIpc) is 2.05. The minimum atomic E-state index is 1.31. The summed E-state index contributed by atoms with van der Waals surface area (Å²) in [6.45, 7) is 0. The van der Waals surface area contributed by atoms with Gasteiger partial charge in [0.25, 0.3) is 0 Å². The van der Waals surface area contributed by atoms with E-state index in [2.05, 4.69) is 12.2 Å². The van der Waals surface area contributed by atoms with E-state index in [1.54, 1.807) is 8.20 Å². The molecule has 0 saturated heterocycles. The zero-order chi connectivity index (χ0) is 8.49. The molecule has 0 saturated carbocycles. The minimum absolute atomic E-state index is 1.31. The molecule has 1 radical (unpaired) electrons. The van der Waals surface area contributed by atoms with Crippen molar-refractivity contribution >= 4 is 14.0 Å². The second kappa shape index (κ2) is 7.80. The van der Waals surface area contributed by atoms with Gasteiger partial charge in [-0.2, -0.15) is 0 Å². The Labute approximate surface area is 78.6 Å². The van der Waals surface area contributed by atoms with E-state index in [9.17, 15) is 0 Å². The van der Waals surface area contributed by atoms with E-state index in [0.717, 1.165) is 0 Å². The summed E-state index contributed by atoms with van der Waals surface area (Å²) in [5.74, 6) is 2.44. The second-order valence-corrected chi connectivity index (χ2v) is 4.69. The van der Waals surface area contributed by atoms with E-state index in [1.165, 1.54) is 57.5 Å². The smallest absolute Gasteiger partial charge is 0.0109 e. The van der Waals surface area contributed by atoms with Crippen LogP contribution in [0.2, 0.25) is 0 Å². The number of rotatable bonds is 0. The van der Waals surface area contributed by atoms with E-state index >= 15 is 0 Å². The minimum Gasteiger partial charge on any atom is -0.109 e. The molecular formula is C11H20P. The molecule has 0 amide bonds. The molecule has 0 aliphatic carbocycles. The predicted octanol–water partition coefficient (Wildman–Crippen LogP) is 4.07. The normalized spacial score (nSPS) is 24.0. The molecule has 0 aromatic rings. The third kappa shape index (κ3) is 5.77. The highest BCUT2D eigenvalue weighted by Gasteiger charge is 1.93. The Balaban J connectivity index is 2.10. The van der Waals surface area contributed by atoms with Gasteiger partial charge in [0.1, 0.15) is 0 Å². The van der Waals surface area contributed by atoms with Crippen molar-refractivity contribution in [3.05, 3.63) is 6.42 Å². The van der Waals surface area contributed by atoms with Gasteiger partial charge in [0.15, 0.2) is 0 Å². The van der Waals surface area contributed by atoms with Crippen LogP contribution in [0.5, 0.6) is 0 Å². The average molecular weight is 183 g/mol. The Morgan fingerprint density at radius 3 is 2.58 bits per heavy atom. The number of hydrogen-bond acceptors (Lipinski definition) is 0. The summed E-state index contributed by atoms with van der Waals surface area (Å²) in [4.78, 5) is 0. The van der Waals surface area contributed by atoms with Crippen molar-refractivity contribution in [1.29, 1.82) is 0 Å². The lowest BCUT2D eigenvalue weighted by molar-refractivity contribution is 0.625. The zero-order valence-corrected chi connectivity index (χ0v) is 8.86. The summed E-state index contributed by atoms with van der Waals surface area (Å²) in [7, 11) is 1.58. The van der Waals surface area contributed by atoms with Crippen molar-refractivity contribution in [2.45, 2.75) is 51.4 Å². The number of hydrogen-bond donors (Lipinski definition) is 0. The van der Waals surface area contributed by atoms with E-state index in [4.69, 9.17) is 0 Å². The quantitative estimate of drug-likeness (QED) is 0.496. The molecule has 0 bridgehead atoms. The summed E-state index contributed by atoms with van der Waals surface area (Å²) >= 11 is 0. The van der Waals surface area contributed by atoms with Gasteiger partial charge >= 0.3 is 0 Å². The van der Waals surface area contributed by atoms with Gasteiger partial charge < -0.3 is 0 Å². The summed E-state index contributed by atoms with van der Waals surface area (Å²) < 4.78 is 0. The molecule has 1 rings (SSSR count). The molecule has 12 heavy (non-hydrogen) atoms. The summed E-state index contributed by atoms with van der Waals surface area (Å²) in [6.07, 6.45) is 15.1. The predicted molar refractivity (Wildman–Crippen MR) is 59.1 cm³/mol. The van der Waals surface area contributed by atoms with Crippen LogP contribution >= 0.6 is 8.20 Å². The van der Waals surface area contributed by atoms with Gasteiger partial charge in [0, 0.05) is 0 Å². The van der Waals surface area contributed by atoms with Crippen molar-refractivity contribution in [1.82, 2.24) is 0 Å². The van der Waals surface area contributed by atoms with Gasteiger partial charge in [-0.1, -0.05) is 37.9 Å². The lowest BCUT2D eigenvalue weighted by Crippen LogP contribution is -1.85. The molecule has 1 heteroatoms. The summed E-state index contributed by atoms with van der Waals surface area (Å²) in [5.41, 5.74) is 0. The molecule has 1 aliphatic rings. The molecule has 0 spiro atoms. The van der Waals surface area contributed by atoms with E-state index in [-0.39, 0.29) is 0 Å². The highest BCUT2D eigenvalue weighted by atomic mass is 31.1. The Hall–Kier alpha value is 0.170. The first-order chi connectivity index (χ1) is 6.00. The first kappa shape index (κ1) is 10.3. The van der Waals surface area contributed by atoms with Gasteiger partial charge in [-0.3, -0.25) is 0 Å². The molecule has 0 atom stereocenters. The Morgan fingerprint density at radius 1 is 0.750 bits per heavy atom.